The molecular formula is C13H13BrN2O2S. The highest BCUT2D eigenvalue weighted by atomic mass is 79.9. The number of nitrogens with zero attached hydrogens (tertiary/aromatic N) is 1. The summed E-state index contributed by atoms with van der Waals surface area (Å²) in [5.74, 6) is -0.0691. The number of pyridine rings is 1. The standard InChI is InChI=1S/C13H13BrN2O2S/c1-10-5-6-13(8-15-10)16-19(17,18)9-11-3-2-4-12(14)7-11/h2-8,16H,9H2,1H3. The van der Waals surface area contributed by atoms with Crippen LogP contribution in [0, 0.1) is 6.92 Å². The van der Waals surface area contributed by atoms with Gasteiger partial charge in [-0.2, -0.15) is 0 Å². The van der Waals surface area contributed by atoms with E-state index in [9.17, 15) is 8.42 Å². The Kier molecular flexibility index (Phi) is 4.21. The maximum atomic E-state index is 12.0. The fourth-order valence-electron chi connectivity index (χ4n) is 1.59. The molecule has 6 heteroatoms. The topological polar surface area (TPSA) is 59.1 Å². The molecule has 2 rings (SSSR count). The van der Waals surface area contributed by atoms with Gasteiger partial charge in [-0.05, 0) is 36.8 Å². The predicted octanol–water partition coefficient (Wildman–Crippen LogP) is 3.09. The van der Waals surface area contributed by atoms with E-state index in [0.717, 1.165) is 15.7 Å². The van der Waals surface area contributed by atoms with Crippen molar-refractivity contribution in [3.05, 3.63) is 58.3 Å². The number of hydrogen-bond donors (Lipinski definition) is 1. The van der Waals surface area contributed by atoms with E-state index in [4.69, 9.17) is 0 Å². The molecule has 4 nitrogen and oxygen atoms in total. The lowest BCUT2D eigenvalue weighted by Gasteiger charge is -2.08. The lowest BCUT2D eigenvalue weighted by molar-refractivity contribution is 0.600. The van der Waals surface area contributed by atoms with Crippen LogP contribution in [0.5, 0.6) is 0 Å². The number of aryl methyl sites for hydroxylation is 1. The maximum absolute atomic E-state index is 12.0. The van der Waals surface area contributed by atoms with Crippen LogP contribution in [-0.4, -0.2) is 13.4 Å². The first-order valence-electron chi connectivity index (χ1n) is 5.62. The Bertz CT molecular complexity index is 669. The normalized spacial score (nSPS) is 11.3. The van der Waals surface area contributed by atoms with Crippen LogP contribution < -0.4 is 4.72 Å². The Morgan fingerprint density at radius 1 is 1.26 bits per heavy atom. The molecule has 1 heterocycles. The van der Waals surface area contributed by atoms with E-state index in [2.05, 4.69) is 25.6 Å². The van der Waals surface area contributed by atoms with E-state index in [-0.39, 0.29) is 5.75 Å². The van der Waals surface area contributed by atoms with E-state index in [1.807, 2.05) is 19.1 Å². The fraction of sp³-hybridized carbons (Fsp3) is 0.154. The van der Waals surface area contributed by atoms with Crippen LogP contribution in [-0.2, 0) is 15.8 Å². The Balaban J connectivity index is 2.13. The third-order valence-electron chi connectivity index (χ3n) is 2.43. The van der Waals surface area contributed by atoms with Gasteiger partial charge in [0.25, 0.3) is 0 Å². The second-order valence-corrected chi connectivity index (χ2v) is 6.82. The van der Waals surface area contributed by atoms with Gasteiger partial charge in [0.15, 0.2) is 0 Å². The lowest BCUT2D eigenvalue weighted by Crippen LogP contribution is -2.15. The molecule has 0 saturated carbocycles. The van der Waals surface area contributed by atoms with Gasteiger partial charge in [-0.3, -0.25) is 9.71 Å². The van der Waals surface area contributed by atoms with Crippen LogP contribution in [0.25, 0.3) is 0 Å². The number of halogens is 1. The van der Waals surface area contributed by atoms with Gasteiger partial charge in [0, 0.05) is 10.2 Å². The zero-order valence-electron chi connectivity index (χ0n) is 10.3. The zero-order chi connectivity index (χ0) is 13.9. The second kappa shape index (κ2) is 5.71. The summed E-state index contributed by atoms with van der Waals surface area (Å²) < 4.78 is 27.4. The van der Waals surface area contributed by atoms with E-state index in [0.29, 0.717) is 5.69 Å². The van der Waals surface area contributed by atoms with Crippen molar-refractivity contribution in [3.8, 4) is 0 Å². The number of nitrogens with one attached hydrogen (secondary N) is 1. The number of anilines is 1. The van der Waals surface area contributed by atoms with Crippen molar-refractivity contribution in [2.75, 3.05) is 4.72 Å². The van der Waals surface area contributed by atoms with E-state index in [1.54, 1.807) is 24.3 Å². The lowest BCUT2D eigenvalue weighted by atomic mass is 10.2. The molecule has 0 atom stereocenters. The highest BCUT2D eigenvalue weighted by Gasteiger charge is 2.12. The first kappa shape index (κ1) is 14.0. The Labute approximate surface area is 121 Å². The smallest absolute Gasteiger partial charge is 0.236 e. The van der Waals surface area contributed by atoms with Gasteiger partial charge in [-0.25, -0.2) is 8.42 Å². The van der Waals surface area contributed by atoms with Crippen LogP contribution in [0.3, 0.4) is 0 Å². The molecule has 0 aliphatic rings. The average molecular weight is 341 g/mol. The van der Waals surface area contributed by atoms with E-state index >= 15 is 0 Å². The van der Waals surface area contributed by atoms with Gasteiger partial charge >= 0.3 is 0 Å². The zero-order valence-corrected chi connectivity index (χ0v) is 12.7. The van der Waals surface area contributed by atoms with Crippen molar-refractivity contribution in [1.82, 2.24) is 4.98 Å². The molecule has 0 bridgehead atoms. The molecule has 0 aliphatic carbocycles. The molecule has 0 aliphatic heterocycles. The number of sulfonamides is 1. The molecule has 0 radical (unpaired) electrons. The van der Waals surface area contributed by atoms with Crippen LogP contribution >= 0.6 is 15.9 Å². The summed E-state index contributed by atoms with van der Waals surface area (Å²) in [6.45, 7) is 1.85. The molecule has 0 fully saturated rings. The van der Waals surface area contributed by atoms with Gasteiger partial charge in [0.05, 0.1) is 17.6 Å². The van der Waals surface area contributed by atoms with Gasteiger partial charge in [-0.15, -0.1) is 0 Å². The minimum atomic E-state index is -3.43. The van der Waals surface area contributed by atoms with Crippen LogP contribution in [0.15, 0.2) is 47.1 Å². The predicted molar refractivity (Wildman–Crippen MR) is 79.4 cm³/mol. The Morgan fingerprint density at radius 3 is 2.68 bits per heavy atom. The van der Waals surface area contributed by atoms with Crippen LogP contribution in [0.4, 0.5) is 5.69 Å². The summed E-state index contributed by atoms with van der Waals surface area (Å²) >= 11 is 3.32. The molecule has 0 saturated heterocycles. The van der Waals surface area contributed by atoms with Crippen LogP contribution in [0.2, 0.25) is 0 Å². The molecule has 0 unspecified atom stereocenters. The molecule has 1 N–H and O–H groups in total. The fourth-order valence-corrected chi connectivity index (χ4v) is 3.21. The first-order valence-corrected chi connectivity index (χ1v) is 8.07. The highest BCUT2D eigenvalue weighted by molar-refractivity contribution is 9.10. The summed E-state index contributed by atoms with van der Waals surface area (Å²) in [5.41, 5.74) is 2.04. The monoisotopic (exact) mass is 340 g/mol. The van der Waals surface area contributed by atoms with Crippen molar-refractivity contribution in [3.63, 3.8) is 0 Å². The number of aromatic nitrogens is 1. The average Bonchev–Trinajstić information content (AvgIpc) is 2.31. The number of benzene rings is 1. The third kappa shape index (κ3) is 4.33. The van der Waals surface area contributed by atoms with E-state index < -0.39 is 10.0 Å². The second-order valence-electron chi connectivity index (χ2n) is 4.18. The molecule has 2 aromatic rings. The largest absolute Gasteiger partial charge is 0.282 e. The molecule has 0 amide bonds. The molecular weight excluding hydrogens is 328 g/mol. The Hall–Kier alpha value is -1.40. The minimum Gasteiger partial charge on any atom is -0.282 e. The van der Waals surface area contributed by atoms with Crippen molar-refractivity contribution < 1.29 is 8.42 Å². The summed E-state index contributed by atoms with van der Waals surface area (Å²) in [5, 5.41) is 0. The quantitative estimate of drug-likeness (QED) is 0.930. The summed E-state index contributed by atoms with van der Waals surface area (Å²) in [4.78, 5) is 4.05. The summed E-state index contributed by atoms with van der Waals surface area (Å²) in [6.07, 6.45) is 1.51. The van der Waals surface area contributed by atoms with Gasteiger partial charge in [0.2, 0.25) is 10.0 Å². The van der Waals surface area contributed by atoms with Crippen molar-refractivity contribution in [1.29, 1.82) is 0 Å². The minimum absolute atomic E-state index is 0.0691. The molecule has 19 heavy (non-hydrogen) atoms. The highest BCUT2D eigenvalue weighted by Crippen LogP contribution is 2.16. The van der Waals surface area contributed by atoms with Crippen molar-refractivity contribution in [2.24, 2.45) is 0 Å². The van der Waals surface area contributed by atoms with Gasteiger partial charge in [0.1, 0.15) is 0 Å². The molecule has 0 spiro atoms. The SMILES string of the molecule is Cc1ccc(NS(=O)(=O)Cc2cccc(Br)c2)cn1. The third-order valence-corrected chi connectivity index (χ3v) is 4.18. The number of rotatable bonds is 4. The number of hydrogen-bond acceptors (Lipinski definition) is 3. The first-order chi connectivity index (χ1) is 8.94. The van der Waals surface area contributed by atoms with E-state index in [1.165, 1.54) is 6.20 Å². The molecule has 100 valence electrons. The summed E-state index contributed by atoms with van der Waals surface area (Å²) in [7, 11) is -3.43. The maximum Gasteiger partial charge on any atom is 0.236 e. The summed E-state index contributed by atoms with van der Waals surface area (Å²) in [6, 6.07) is 10.7. The van der Waals surface area contributed by atoms with Gasteiger partial charge < -0.3 is 0 Å². The van der Waals surface area contributed by atoms with Crippen molar-refractivity contribution >= 4 is 31.6 Å². The molecule has 1 aromatic heterocycles. The Morgan fingerprint density at radius 2 is 2.05 bits per heavy atom. The van der Waals surface area contributed by atoms with Crippen LogP contribution in [0.1, 0.15) is 11.3 Å². The van der Waals surface area contributed by atoms with Crippen molar-refractivity contribution in [2.45, 2.75) is 12.7 Å². The molecule has 1 aromatic carbocycles. The van der Waals surface area contributed by atoms with Gasteiger partial charge in [-0.1, -0.05) is 28.1 Å².